The molecule has 2 unspecified atom stereocenters. The minimum Gasteiger partial charge on any atom is -0.480 e. The maximum absolute atomic E-state index is 12.8. The Bertz CT molecular complexity index is 473. The first-order chi connectivity index (χ1) is 9.11. The summed E-state index contributed by atoms with van der Waals surface area (Å²) in [5.74, 6) is -1.97. The second-order valence-electron chi connectivity index (χ2n) is 4.83. The van der Waals surface area contributed by atoms with Crippen molar-refractivity contribution in [3.63, 3.8) is 0 Å². The molecule has 0 aromatic carbocycles. The smallest absolute Gasteiger partial charge is 0.417 e. The van der Waals surface area contributed by atoms with Gasteiger partial charge in [-0.1, -0.05) is 6.92 Å². The van der Waals surface area contributed by atoms with E-state index in [1.54, 1.807) is 16.9 Å². The molecule has 0 saturated carbocycles. The van der Waals surface area contributed by atoms with Crippen molar-refractivity contribution >= 4 is 5.97 Å². The number of nitrogens with one attached hydrogen (secondary N) is 1. The summed E-state index contributed by atoms with van der Waals surface area (Å²) in [7, 11) is 0. The molecule has 114 valence electrons. The van der Waals surface area contributed by atoms with Gasteiger partial charge < -0.3 is 5.11 Å². The quantitative estimate of drug-likeness (QED) is 0.845. The molecule has 0 aliphatic rings. The van der Waals surface area contributed by atoms with Crippen LogP contribution in [-0.2, 0) is 11.3 Å². The predicted molar refractivity (Wildman–Crippen MR) is 66.2 cm³/mol. The van der Waals surface area contributed by atoms with E-state index in [0.717, 1.165) is 6.42 Å². The predicted octanol–water partition coefficient (Wildman–Crippen LogP) is 2.35. The van der Waals surface area contributed by atoms with Gasteiger partial charge in [-0.3, -0.25) is 10.00 Å². The molecule has 0 saturated heterocycles. The van der Waals surface area contributed by atoms with Gasteiger partial charge in [0, 0.05) is 18.8 Å². The molecule has 20 heavy (non-hydrogen) atoms. The van der Waals surface area contributed by atoms with E-state index in [-0.39, 0.29) is 12.6 Å². The van der Waals surface area contributed by atoms with E-state index >= 15 is 0 Å². The highest BCUT2D eigenvalue weighted by atomic mass is 19.4. The van der Waals surface area contributed by atoms with Crippen molar-refractivity contribution in [2.45, 2.75) is 51.5 Å². The fourth-order valence-corrected chi connectivity index (χ4v) is 1.47. The zero-order valence-corrected chi connectivity index (χ0v) is 11.5. The third kappa shape index (κ3) is 3.30. The minimum absolute atomic E-state index is 0.136. The van der Waals surface area contributed by atoms with Crippen molar-refractivity contribution in [1.82, 2.24) is 15.1 Å². The number of hydrogen-bond donors (Lipinski definition) is 2. The van der Waals surface area contributed by atoms with Crippen LogP contribution in [0.1, 0.15) is 38.9 Å². The zero-order chi connectivity index (χ0) is 15.6. The molecule has 1 aromatic rings. The first kappa shape index (κ1) is 16.5. The van der Waals surface area contributed by atoms with E-state index in [9.17, 15) is 18.0 Å². The Morgan fingerprint density at radius 3 is 2.60 bits per heavy atom. The largest absolute Gasteiger partial charge is 0.480 e. The number of carboxylic acid groups (broad SMARTS) is 1. The summed E-state index contributed by atoms with van der Waals surface area (Å²) in [5.41, 5.74) is -2.63. The second kappa shape index (κ2) is 5.82. The summed E-state index contributed by atoms with van der Waals surface area (Å²) in [4.78, 5) is 10.8. The summed E-state index contributed by atoms with van der Waals surface area (Å²) in [6.45, 7) is 4.23. The lowest BCUT2D eigenvalue weighted by Gasteiger charge is -2.28. The molecule has 0 aliphatic carbocycles. The summed E-state index contributed by atoms with van der Waals surface area (Å²) < 4.78 is 40.0. The van der Waals surface area contributed by atoms with Crippen LogP contribution in [0.5, 0.6) is 0 Å². The maximum atomic E-state index is 12.8. The highest BCUT2D eigenvalue weighted by Gasteiger charge is 2.57. The van der Waals surface area contributed by atoms with Crippen LogP contribution in [0.2, 0.25) is 0 Å². The molecule has 0 aliphatic heterocycles. The third-order valence-electron chi connectivity index (χ3n) is 3.32. The first-order valence-corrected chi connectivity index (χ1v) is 6.21. The van der Waals surface area contributed by atoms with E-state index < -0.39 is 17.7 Å². The molecule has 8 heteroatoms. The van der Waals surface area contributed by atoms with Crippen LogP contribution in [0.15, 0.2) is 12.3 Å². The molecule has 0 spiro atoms. The Kier molecular flexibility index (Phi) is 4.80. The number of aliphatic carboxylic acids is 1. The van der Waals surface area contributed by atoms with Gasteiger partial charge in [0.1, 0.15) is 0 Å². The lowest BCUT2D eigenvalue weighted by atomic mass is 10.0. The number of alkyl halides is 3. The highest BCUT2D eigenvalue weighted by Crippen LogP contribution is 2.30. The molecule has 0 fully saturated rings. The monoisotopic (exact) mass is 293 g/mol. The van der Waals surface area contributed by atoms with Crippen molar-refractivity contribution in [3.05, 3.63) is 18.0 Å². The van der Waals surface area contributed by atoms with Gasteiger partial charge >= 0.3 is 12.1 Å². The van der Waals surface area contributed by atoms with Crippen LogP contribution in [0.3, 0.4) is 0 Å². The molecular weight excluding hydrogens is 275 g/mol. The SMILES string of the molecule is CCC(C)n1ccc(CNC(C)(C(=O)O)C(F)(F)F)n1. The molecule has 0 bridgehead atoms. The fourth-order valence-electron chi connectivity index (χ4n) is 1.47. The number of carboxylic acids is 1. The molecular formula is C12H18F3N3O2. The van der Waals surface area contributed by atoms with Gasteiger partial charge in [0.25, 0.3) is 0 Å². The van der Waals surface area contributed by atoms with E-state index in [1.807, 2.05) is 19.2 Å². The Morgan fingerprint density at radius 1 is 1.55 bits per heavy atom. The number of halogens is 3. The number of nitrogens with zero attached hydrogens (tertiary/aromatic N) is 2. The number of hydrogen-bond acceptors (Lipinski definition) is 3. The number of carbonyl (C=O) groups is 1. The van der Waals surface area contributed by atoms with Crippen LogP contribution in [-0.4, -0.2) is 32.6 Å². The summed E-state index contributed by atoms with van der Waals surface area (Å²) in [6.07, 6.45) is -2.39. The van der Waals surface area contributed by atoms with Crippen molar-refractivity contribution < 1.29 is 23.1 Å². The molecule has 5 nitrogen and oxygen atoms in total. The lowest BCUT2D eigenvalue weighted by molar-refractivity contribution is -0.206. The van der Waals surface area contributed by atoms with Gasteiger partial charge in [-0.25, -0.2) is 4.79 Å². The van der Waals surface area contributed by atoms with Gasteiger partial charge in [0.2, 0.25) is 5.54 Å². The van der Waals surface area contributed by atoms with Crippen LogP contribution < -0.4 is 5.32 Å². The second-order valence-corrected chi connectivity index (χ2v) is 4.83. The van der Waals surface area contributed by atoms with Crippen molar-refractivity contribution in [2.24, 2.45) is 0 Å². The standard InChI is InChI=1S/C12H18F3N3O2/c1-4-8(2)18-6-5-9(17-18)7-16-11(3,10(19)20)12(13,14)15/h5-6,8,16H,4,7H2,1-3H3,(H,19,20). The van der Waals surface area contributed by atoms with Crippen LogP contribution in [0.4, 0.5) is 13.2 Å². The Morgan fingerprint density at radius 2 is 2.15 bits per heavy atom. The van der Waals surface area contributed by atoms with E-state index in [0.29, 0.717) is 12.6 Å². The maximum Gasteiger partial charge on any atom is 0.417 e. The van der Waals surface area contributed by atoms with Gasteiger partial charge in [-0.2, -0.15) is 18.3 Å². The lowest BCUT2D eigenvalue weighted by Crippen LogP contribution is -2.59. The average molecular weight is 293 g/mol. The van der Waals surface area contributed by atoms with Crippen molar-refractivity contribution in [2.75, 3.05) is 0 Å². The van der Waals surface area contributed by atoms with Gasteiger partial charge in [0.05, 0.1) is 5.69 Å². The van der Waals surface area contributed by atoms with E-state index in [1.165, 1.54) is 0 Å². The molecule has 2 atom stereocenters. The zero-order valence-electron chi connectivity index (χ0n) is 11.5. The Balaban J connectivity index is 2.79. The summed E-state index contributed by atoms with van der Waals surface area (Å²) in [6, 6.07) is 1.70. The summed E-state index contributed by atoms with van der Waals surface area (Å²) in [5, 5.41) is 14.9. The van der Waals surface area contributed by atoms with Gasteiger partial charge in [-0.15, -0.1) is 0 Å². The van der Waals surface area contributed by atoms with Gasteiger partial charge in [0.15, 0.2) is 0 Å². The molecule has 1 aromatic heterocycles. The highest BCUT2D eigenvalue weighted by molar-refractivity contribution is 5.79. The number of rotatable bonds is 6. The van der Waals surface area contributed by atoms with E-state index in [2.05, 4.69) is 5.10 Å². The Labute approximate surface area is 114 Å². The molecule has 2 N–H and O–H groups in total. The fraction of sp³-hybridized carbons (Fsp3) is 0.667. The molecule has 1 heterocycles. The minimum atomic E-state index is -4.89. The average Bonchev–Trinajstić information content (AvgIpc) is 2.82. The molecule has 1 rings (SSSR count). The molecule has 0 amide bonds. The van der Waals surface area contributed by atoms with E-state index in [4.69, 9.17) is 5.11 Å². The van der Waals surface area contributed by atoms with Crippen LogP contribution >= 0.6 is 0 Å². The van der Waals surface area contributed by atoms with Crippen LogP contribution in [0, 0.1) is 0 Å². The first-order valence-electron chi connectivity index (χ1n) is 6.21. The molecule has 0 radical (unpaired) electrons. The third-order valence-corrected chi connectivity index (χ3v) is 3.32. The van der Waals surface area contributed by atoms with Crippen molar-refractivity contribution in [1.29, 1.82) is 0 Å². The summed E-state index contributed by atoms with van der Waals surface area (Å²) >= 11 is 0. The Hall–Kier alpha value is -1.57. The number of aromatic nitrogens is 2. The normalized spacial score (nSPS) is 16.7. The van der Waals surface area contributed by atoms with Crippen molar-refractivity contribution in [3.8, 4) is 0 Å². The van der Waals surface area contributed by atoms with Gasteiger partial charge in [-0.05, 0) is 26.3 Å². The van der Waals surface area contributed by atoms with Crippen LogP contribution in [0.25, 0.3) is 0 Å². The topological polar surface area (TPSA) is 67.2 Å².